The number of fused-ring (bicyclic) bond motifs is 1. The first-order valence-corrected chi connectivity index (χ1v) is 5.84. The SMILES string of the molecule is Cc1cc2c(cc1[C@@H]1CCCN1)CCO2. The Morgan fingerprint density at radius 3 is 3.13 bits per heavy atom. The monoisotopic (exact) mass is 203 g/mol. The molecule has 2 aliphatic rings. The summed E-state index contributed by atoms with van der Waals surface area (Å²) in [6, 6.07) is 5.13. The van der Waals surface area contributed by atoms with Gasteiger partial charge in [0.1, 0.15) is 5.75 Å². The maximum atomic E-state index is 5.58. The Morgan fingerprint density at radius 2 is 2.33 bits per heavy atom. The fraction of sp³-hybridized carbons (Fsp3) is 0.538. The predicted octanol–water partition coefficient (Wildman–Crippen LogP) is 2.35. The van der Waals surface area contributed by atoms with Crippen molar-refractivity contribution < 1.29 is 4.74 Å². The number of benzene rings is 1. The van der Waals surface area contributed by atoms with Crippen molar-refractivity contribution in [3.05, 3.63) is 28.8 Å². The lowest BCUT2D eigenvalue weighted by Gasteiger charge is -2.15. The van der Waals surface area contributed by atoms with E-state index >= 15 is 0 Å². The topological polar surface area (TPSA) is 21.3 Å². The van der Waals surface area contributed by atoms with E-state index in [1.165, 1.54) is 29.5 Å². The summed E-state index contributed by atoms with van der Waals surface area (Å²) < 4.78 is 5.58. The summed E-state index contributed by atoms with van der Waals surface area (Å²) in [5, 5.41) is 3.56. The highest BCUT2D eigenvalue weighted by molar-refractivity contribution is 5.45. The molecule has 0 radical (unpaired) electrons. The highest BCUT2D eigenvalue weighted by atomic mass is 16.5. The molecule has 2 aliphatic heterocycles. The van der Waals surface area contributed by atoms with Crippen LogP contribution in [0.5, 0.6) is 5.75 Å². The van der Waals surface area contributed by atoms with Crippen LogP contribution in [-0.2, 0) is 6.42 Å². The summed E-state index contributed by atoms with van der Waals surface area (Å²) in [7, 11) is 0. The van der Waals surface area contributed by atoms with Gasteiger partial charge in [0.05, 0.1) is 6.61 Å². The zero-order valence-electron chi connectivity index (χ0n) is 9.18. The first-order valence-electron chi connectivity index (χ1n) is 5.84. The Bertz CT molecular complexity index is 380. The van der Waals surface area contributed by atoms with E-state index < -0.39 is 0 Å². The maximum Gasteiger partial charge on any atom is 0.122 e. The van der Waals surface area contributed by atoms with Crippen LogP contribution in [0.2, 0.25) is 0 Å². The van der Waals surface area contributed by atoms with E-state index in [9.17, 15) is 0 Å². The summed E-state index contributed by atoms with van der Waals surface area (Å²) in [6.07, 6.45) is 3.66. The van der Waals surface area contributed by atoms with Crippen molar-refractivity contribution in [1.82, 2.24) is 5.32 Å². The van der Waals surface area contributed by atoms with Gasteiger partial charge in [0, 0.05) is 12.5 Å². The standard InChI is InChI=1S/C13H17NO/c1-9-7-13-10(4-6-15-13)8-11(9)12-3-2-5-14-12/h7-8,12,14H,2-6H2,1H3/t12-/m0/s1. The number of hydrogen-bond acceptors (Lipinski definition) is 2. The van der Waals surface area contributed by atoms with Gasteiger partial charge in [-0.15, -0.1) is 0 Å². The van der Waals surface area contributed by atoms with Crippen LogP contribution in [0.4, 0.5) is 0 Å². The van der Waals surface area contributed by atoms with Crippen LogP contribution < -0.4 is 10.1 Å². The maximum absolute atomic E-state index is 5.58. The molecule has 1 saturated heterocycles. The first kappa shape index (κ1) is 9.22. The minimum atomic E-state index is 0.580. The van der Waals surface area contributed by atoms with Gasteiger partial charge in [-0.25, -0.2) is 0 Å². The molecule has 1 aromatic carbocycles. The fourth-order valence-electron chi connectivity index (χ4n) is 2.67. The zero-order valence-corrected chi connectivity index (χ0v) is 9.18. The molecule has 0 unspecified atom stereocenters. The molecule has 1 fully saturated rings. The molecule has 1 N–H and O–H groups in total. The average molecular weight is 203 g/mol. The van der Waals surface area contributed by atoms with Crippen LogP contribution in [0.1, 0.15) is 35.6 Å². The second-order valence-corrected chi connectivity index (χ2v) is 4.56. The highest BCUT2D eigenvalue weighted by Gasteiger charge is 2.21. The van der Waals surface area contributed by atoms with Crippen molar-refractivity contribution >= 4 is 0 Å². The molecule has 0 bridgehead atoms. The average Bonchev–Trinajstić information content (AvgIpc) is 2.85. The van der Waals surface area contributed by atoms with E-state index in [4.69, 9.17) is 4.74 Å². The van der Waals surface area contributed by atoms with Gasteiger partial charge in [-0.05, 0) is 49.1 Å². The van der Waals surface area contributed by atoms with E-state index in [0.29, 0.717) is 6.04 Å². The number of ether oxygens (including phenoxy) is 1. The Morgan fingerprint density at radius 1 is 1.40 bits per heavy atom. The number of nitrogens with one attached hydrogen (secondary N) is 1. The quantitative estimate of drug-likeness (QED) is 0.756. The van der Waals surface area contributed by atoms with Gasteiger partial charge in [0.25, 0.3) is 0 Å². The summed E-state index contributed by atoms with van der Waals surface area (Å²) in [6.45, 7) is 4.21. The third-order valence-electron chi connectivity index (χ3n) is 3.51. The molecule has 0 saturated carbocycles. The van der Waals surface area contributed by atoms with Gasteiger partial charge < -0.3 is 10.1 Å². The van der Waals surface area contributed by atoms with Crippen molar-refractivity contribution in [3.63, 3.8) is 0 Å². The van der Waals surface area contributed by atoms with Gasteiger partial charge in [-0.2, -0.15) is 0 Å². The Hall–Kier alpha value is -1.02. The van der Waals surface area contributed by atoms with Crippen LogP contribution in [0, 0.1) is 6.92 Å². The van der Waals surface area contributed by atoms with Crippen molar-refractivity contribution in [2.75, 3.05) is 13.2 Å². The van der Waals surface area contributed by atoms with Gasteiger partial charge in [0.2, 0.25) is 0 Å². The molecule has 2 heterocycles. The zero-order chi connectivity index (χ0) is 10.3. The van der Waals surface area contributed by atoms with E-state index in [0.717, 1.165) is 25.3 Å². The Kier molecular flexibility index (Phi) is 2.17. The second-order valence-electron chi connectivity index (χ2n) is 4.56. The number of rotatable bonds is 1. The first-order chi connectivity index (χ1) is 7.34. The Balaban J connectivity index is 2.00. The lowest BCUT2D eigenvalue weighted by atomic mass is 9.96. The summed E-state index contributed by atoms with van der Waals surface area (Å²) in [5.74, 6) is 1.11. The molecular formula is C13H17NO. The molecule has 0 amide bonds. The van der Waals surface area contributed by atoms with Crippen LogP contribution in [0.15, 0.2) is 12.1 Å². The molecular weight excluding hydrogens is 186 g/mol. The van der Waals surface area contributed by atoms with Gasteiger partial charge in [0.15, 0.2) is 0 Å². The lowest BCUT2D eigenvalue weighted by molar-refractivity contribution is 0.356. The molecule has 0 aliphatic carbocycles. The van der Waals surface area contributed by atoms with Gasteiger partial charge >= 0.3 is 0 Å². The molecule has 0 spiro atoms. The number of hydrogen-bond donors (Lipinski definition) is 1. The van der Waals surface area contributed by atoms with Crippen LogP contribution in [0.25, 0.3) is 0 Å². The van der Waals surface area contributed by atoms with E-state index in [2.05, 4.69) is 24.4 Å². The fourth-order valence-corrected chi connectivity index (χ4v) is 2.67. The number of aryl methyl sites for hydroxylation is 1. The summed E-state index contributed by atoms with van der Waals surface area (Å²) in [5.41, 5.74) is 4.25. The van der Waals surface area contributed by atoms with Crippen molar-refractivity contribution in [2.45, 2.75) is 32.2 Å². The largest absolute Gasteiger partial charge is 0.493 e. The molecule has 80 valence electrons. The third kappa shape index (κ3) is 1.53. The predicted molar refractivity (Wildman–Crippen MR) is 60.4 cm³/mol. The van der Waals surface area contributed by atoms with Crippen LogP contribution in [-0.4, -0.2) is 13.2 Å². The molecule has 15 heavy (non-hydrogen) atoms. The minimum Gasteiger partial charge on any atom is -0.493 e. The molecule has 2 heteroatoms. The van der Waals surface area contributed by atoms with E-state index in [-0.39, 0.29) is 0 Å². The summed E-state index contributed by atoms with van der Waals surface area (Å²) >= 11 is 0. The second kappa shape index (κ2) is 3.53. The van der Waals surface area contributed by atoms with Gasteiger partial charge in [-0.1, -0.05) is 6.07 Å². The highest BCUT2D eigenvalue weighted by Crippen LogP contribution is 2.33. The minimum absolute atomic E-state index is 0.580. The van der Waals surface area contributed by atoms with E-state index in [1.54, 1.807) is 0 Å². The Labute approximate surface area is 90.6 Å². The lowest BCUT2D eigenvalue weighted by Crippen LogP contribution is -2.14. The molecule has 3 rings (SSSR count). The van der Waals surface area contributed by atoms with E-state index in [1.807, 2.05) is 0 Å². The van der Waals surface area contributed by atoms with Crippen LogP contribution in [0.3, 0.4) is 0 Å². The molecule has 1 atom stereocenters. The molecule has 2 nitrogen and oxygen atoms in total. The van der Waals surface area contributed by atoms with Crippen molar-refractivity contribution in [1.29, 1.82) is 0 Å². The molecule has 0 aromatic heterocycles. The van der Waals surface area contributed by atoms with Crippen molar-refractivity contribution in [2.24, 2.45) is 0 Å². The summed E-state index contributed by atoms with van der Waals surface area (Å²) in [4.78, 5) is 0. The van der Waals surface area contributed by atoms with Gasteiger partial charge in [-0.3, -0.25) is 0 Å². The normalized spacial score (nSPS) is 23.9. The van der Waals surface area contributed by atoms with Crippen LogP contribution >= 0.6 is 0 Å². The van der Waals surface area contributed by atoms with Crippen molar-refractivity contribution in [3.8, 4) is 5.75 Å². The molecule has 1 aromatic rings. The third-order valence-corrected chi connectivity index (χ3v) is 3.51. The smallest absolute Gasteiger partial charge is 0.122 e.